The molecule has 0 heterocycles. The number of benzene rings is 2. The predicted molar refractivity (Wildman–Crippen MR) is 101 cm³/mol. The number of hydrogen-bond donors (Lipinski definition) is 1. The van der Waals surface area contributed by atoms with Crippen LogP contribution in [0.3, 0.4) is 0 Å². The van der Waals surface area contributed by atoms with Gasteiger partial charge in [-0.05, 0) is 36.4 Å². The Labute approximate surface area is 166 Å². The van der Waals surface area contributed by atoms with Crippen molar-refractivity contribution in [1.29, 1.82) is 0 Å². The molecule has 0 spiro atoms. The minimum atomic E-state index is -3.53. The van der Waals surface area contributed by atoms with Gasteiger partial charge in [-0.3, -0.25) is 4.79 Å². The zero-order valence-electron chi connectivity index (χ0n) is 14.3. The standard InChI is InChI=1S/C17H15Cl2NO6S/c1-25-15-6-3-10(7-14(15)19)20-16(21)9-26-17(22)12-8-11(27(2,23)24)4-5-13(12)18/h3-8H,9H2,1-2H3,(H,20,21). The quantitative estimate of drug-likeness (QED) is 0.704. The molecule has 144 valence electrons. The molecular weight excluding hydrogens is 417 g/mol. The molecular formula is C17H15Cl2NO6S. The molecule has 0 unspecified atom stereocenters. The van der Waals surface area contributed by atoms with Crippen LogP contribution in [-0.2, 0) is 19.4 Å². The molecule has 0 aliphatic heterocycles. The second kappa shape index (κ2) is 8.60. The van der Waals surface area contributed by atoms with E-state index < -0.39 is 28.3 Å². The van der Waals surface area contributed by atoms with Gasteiger partial charge in [0.25, 0.3) is 5.91 Å². The summed E-state index contributed by atoms with van der Waals surface area (Å²) < 4.78 is 33.1. The Kier molecular flexibility index (Phi) is 6.69. The number of carbonyl (C=O) groups excluding carboxylic acids is 2. The fourth-order valence-corrected chi connectivity index (χ4v) is 3.14. The van der Waals surface area contributed by atoms with Crippen molar-refractivity contribution in [2.75, 3.05) is 25.3 Å². The van der Waals surface area contributed by atoms with Crippen LogP contribution in [0.4, 0.5) is 5.69 Å². The van der Waals surface area contributed by atoms with E-state index in [2.05, 4.69) is 5.32 Å². The highest BCUT2D eigenvalue weighted by molar-refractivity contribution is 7.90. The molecule has 0 radical (unpaired) electrons. The van der Waals surface area contributed by atoms with E-state index >= 15 is 0 Å². The lowest BCUT2D eigenvalue weighted by Gasteiger charge is -2.10. The first-order chi connectivity index (χ1) is 12.6. The molecule has 0 atom stereocenters. The Bertz CT molecular complexity index is 991. The third-order valence-corrected chi connectivity index (χ3v) is 5.09. The Balaban J connectivity index is 2.03. The minimum absolute atomic E-state index is 0.00902. The number of nitrogens with one attached hydrogen (secondary N) is 1. The van der Waals surface area contributed by atoms with E-state index in [1.165, 1.54) is 25.3 Å². The van der Waals surface area contributed by atoms with Crippen LogP contribution >= 0.6 is 23.2 Å². The van der Waals surface area contributed by atoms with Crippen LogP contribution < -0.4 is 10.1 Å². The monoisotopic (exact) mass is 431 g/mol. The van der Waals surface area contributed by atoms with Crippen LogP contribution in [-0.4, -0.2) is 40.3 Å². The lowest BCUT2D eigenvalue weighted by molar-refractivity contribution is -0.119. The summed E-state index contributed by atoms with van der Waals surface area (Å²) in [7, 11) is -2.06. The van der Waals surface area contributed by atoms with Gasteiger partial charge in [0.2, 0.25) is 0 Å². The maximum absolute atomic E-state index is 12.1. The van der Waals surface area contributed by atoms with E-state index in [1.54, 1.807) is 12.1 Å². The van der Waals surface area contributed by atoms with Crippen LogP contribution in [0.2, 0.25) is 10.0 Å². The average Bonchev–Trinajstić information content (AvgIpc) is 2.59. The number of sulfone groups is 1. The summed E-state index contributed by atoms with van der Waals surface area (Å²) in [6, 6.07) is 8.26. The number of hydrogen-bond acceptors (Lipinski definition) is 6. The van der Waals surface area contributed by atoms with E-state index in [0.717, 1.165) is 12.3 Å². The molecule has 0 aliphatic rings. The zero-order valence-corrected chi connectivity index (χ0v) is 16.6. The molecule has 27 heavy (non-hydrogen) atoms. The van der Waals surface area contributed by atoms with E-state index in [4.69, 9.17) is 32.7 Å². The number of rotatable bonds is 6. The summed E-state index contributed by atoms with van der Waals surface area (Å²) in [5.74, 6) is -1.09. The highest BCUT2D eigenvalue weighted by atomic mass is 35.5. The van der Waals surface area contributed by atoms with Gasteiger partial charge in [-0.15, -0.1) is 0 Å². The number of ether oxygens (including phenoxy) is 2. The Morgan fingerprint density at radius 2 is 1.78 bits per heavy atom. The van der Waals surface area contributed by atoms with Crippen molar-refractivity contribution in [3.05, 3.63) is 52.0 Å². The van der Waals surface area contributed by atoms with Gasteiger partial charge >= 0.3 is 5.97 Å². The van der Waals surface area contributed by atoms with E-state index in [0.29, 0.717) is 16.5 Å². The van der Waals surface area contributed by atoms with Crippen molar-refractivity contribution < 1.29 is 27.5 Å². The molecule has 2 aromatic rings. The molecule has 7 nitrogen and oxygen atoms in total. The number of esters is 1. The second-order valence-electron chi connectivity index (χ2n) is 5.39. The van der Waals surface area contributed by atoms with Crippen molar-refractivity contribution in [2.24, 2.45) is 0 Å². The summed E-state index contributed by atoms with van der Waals surface area (Å²) in [6.07, 6.45) is 0.999. The van der Waals surface area contributed by atoms with Crippen molar-refractivity contribution in [1.82, 2.24) is 0 Å². The van der Waals surface area contributed by atoms with Crippen molar-refractivity contribution in [3.8, 4) is 5.75 Å². The summed E-state index contributed by atoms with van der Waals surface area (Å²) in [6.45, 7) is -0.595. The van der Waals surface area contributed by atoms with E-state index in [1.807, 2.05) is 0 Å². The van der Waals surface area contributed by atoms with Gasteiger partial charge in [-0.2, -0.15) is 0 Å². The van der Waals surface area contributed by atoms with Gasteiger partial charge in [0, 0.05) is 11.9 Å². The fraction of sp³-hybridized carbons (Fsp3) is 0.176. The molecule has 0 aromatic heterocycles. The molecule has 10 heteroatoms. The van der Waals surface area contributed by atoms with E-state index in [9.17, 15) is 18.0 Å². The maximum atomic E-state index is 12.1. The summed E-state index contributed by atoms with van der Waals surface area (Å²) in [4.78, 5) is 24.0. The molecule has 1 amide bonds. The molecule has 0 aliphatic carbocycles. The highest BCUT2D eigenvalue weighted by Crippen LogP contribution is 2.27. The average molecular weight is 432 g/mol. The molecule has 0 saturated heterocycles. The molecule has 2 aromatic carbocycles. The molecule has 0 saturated carbocycles. The van der Waals surface area contributed by atoms with Gasteiger partial charge < -0.3 is 14.8 Å². The first kappa shape index (κ1) is 21.0. The third kappa shape index (κ3) is 5.59. The molecule has 2 rings (SSSR count). The molecule has 0 bridgehead atoms. The third-order valence-electron chi connectivity index (χ3n) is 3.36. The normalized spacial score (nSPS) is 11.0. The lowest BCUT2D eigenvalue weighted by atomic mass is 10.2. The van der Waals surface area contributed by atoms with Crippen LogP contribution in [0.5, 0.6) is 5.75 Å². The summed E-state index contributed by atoms with van der Waals surface area (Å²) in [5.41, 5.74) is 0.235. The predicted octanol–water partition coefficient (Wildman–Crippen LogP) is 3.20. The van der Waals surface area contributed by atoms with Gasteiger partial charge in [0.15, 0.2) is 16.4 Å². The maximum Gasteiger partial charge on any atom is 0.340 e. The minimum Gasteiger partial charge on any atom is -0.495 e. The second-order valence-corrected chi connectivity index (χ2v) is 8.22. The number of carbonyl (C=O) groups is 2. The van der Waals surface area contributed by atoms with Crippen molar-refractivity contribution >= 4 is 50.6 Å². The van der Waals surface area contributed by atoms with Gasteiger partial charge in [-0.1, -0.05) is 23.2 Å². The topological polar surface area (TPSA) is 98.8 Å². The van der Waals surface area contributed by atoms with Gasteiger partial charge in [-0.25, -0.2) is 13.2 Å². The first-order valence-corrected chi connectivity index (χ1v) is 10.1. The van der Waals surface area contributed by atoms with Crippen molar-refractivity contribution in [2.45, 2.75) is 4.90 Å². The number of halogens is 2. The van der Waals surface area contributed by atoms with E-state index in [-0.39, 0.29) is 15.5 Å². The van der Waals surface area contributed by atoms with Gasteiger partial charge in [0.1, 0.15) is 5.75 Å². The number of amides is 1. The summed E-state index contributed by atoms with van der Waals surface area (Å²) in [5, 5.41) is 2.82. The first-order valence-electron chi connectivity index (χ1n) is 7.42. The number of anilines is 1. The van der Waals surface area contributed by atoms with Crippen LogP contribution in [0.25, 0.3) is 0 Å². The molecule has 1 N–H and O–H groups in total. The zero-order chi connectivity index (χ0) is 20.2. The number of methoxy groups -OCH3 is 1. The van der Waals surface area contributed by atoms with Crippen LogP contribution in [0.15, 0.2) is 41.3 Å². The highest BCUT2D eigenvalue weighted by Gasteiger charge is 2.18. The fourth-order valence-electron chi connectivity index (χ4n) is 2.04. The lowest BCUT2D eigenvalue weighted by Crippen LogP contribution is -2.21. The Morgan fingerprint density at radius 1 is 1.07 bits per heavy atom. The van der Waals surface area contributed by atoms with Crippen LogP contribution in [0, 0.1) is 0 Å². The largest absolute Gasteiger partial charge is 0.495 e. The van der Waals surface area contributed by atoms with Crippen LogP contribution in [0.1, 0.15) is 10.4 Å². The molecule has 0 fully saturated rings. The Hall–Kier alpha value is -2.29. The SMILES string of the molecule is COc1ccc(NC(=O)COC(=O)c2cc(S(C)(=O)=O)ccc2Cl)cc1Cl. The van der Waals surface area contributed by atoms with Crippen molar-refractivity contribution in [3.63, 3.8) is 0 Å². The smallest absolute Gasteiger partial charge is 0.340 e. The summed E-state index contributed by atoms with van der Waals surface area (Å²) >= 11 is 11.9. The Morgan fingerprint density at radius 3 is 2.37 bits per heavy atom. The van der Waals surface area contributed by atoms with Gasteiger partial charge in [0.05, 0.1) is 27.6 Å².